The van der Waals surface area contributed by atoms with Crippen molar-refractivity contribution in [1.29, 1.82) is 0 Å². The van der Waals surface area contributed by atoms with E-state index < -0.39 is 0 Å². The molecule has 2 aromatic carbocycles. The Morgan fingerprint density at radius 1 is 0.967 bits per heavy atom. The van der Waals surface area contributed by atoms with Crippen LogP contribution >= 0.6 is 11.6 Å². The smallest absolute Gasteiger partial charge is 0.163 e. The minimum Gasteiger partial charge on any atom is -0.493 e. The summed E-state index contributed by atoms with van der Waals surface area (Å²) in [6, 6.07) is 12.2. The van der Waals surface area contributed by atoms with Gasteiger partial charge in [0.05, 0.1) is 7.11 Å². The molecule has 1 N–H and O–H groups in total. The van der Waals surface area contributed by atoms with E-state index in [0.717, 1.165) is 40.6 Å². The van der Waals surface area contributed by atoms with Crippen LogP contribution in [0, 0.1) is 24.7 Å². The van der Waals surface area contributed by atoms with Crippen LogP contribution in [0.4, 0.5) is 0 Å². The van der Waals surface area contributed by atoms with E-state index in [-0.39, 0.29) is 0 Å². The molecule has 0 amide bonds. The summed E-state index contributed by atoms with van der Waals surface area (Å²) in [6.07, 6.45) is 8.40. The van der Waals surface area contributed by atoms with E-state index in [9.17, 15) is 0 Å². The molecule has 4 saturated carbocycles. The molecule has 0 spiro atoms. The van der Waals surface area contributed by atoms with Gasteiger partial charge in [-0.1, -0.05) is 35.9 Å². The van der Waals surface area contributed by atoms with Crippen LogP contribution in [0.5, 0.6) is 11.5 Å². The second kappa shape index (κ2) is 8.09. The van der Waals surface area contributed by atoms with Crippen molar-refractivity contribution in [3.8, 4) is 11.5 Å². The van der Waals surface area contributed by atoms with E-state index in [1.165, 1.54) is 49.7 Å². The van der Waals surface area contributed by atoms with Crippen molar-refractivity contribution < 1.29 is 9.47 Å². The number of hydrogen-bond donors (Lipinski definition) is 1. The van der Waals surface area contributed by atoms with Crippen LogP contribution < -0.4 is 14.8 Å². The molecule has 4 aliphatic carbocycles. The van der Waals surface area contributed by atoms with E-state index in [1.807, 2.05) is 24.3 Å². The second-order valence-electron chi connectivity index (χ2n) is 9.86. The first kappa shape index (κ1) is 20.2. The Morgan fingerprint density at radius 3 is 2.27 bits per heavy atom. The lowest BCUT2D eigenvalue weighted by atomic mass is 9.53. The van der Waals surface area contributed by atoms with Gasteiger partial charge in [0, 0.05) is 23.2 Å². The molecule has 4 bridgehead atoms. The first-order valence-corrected chi connectivity index (χ1v) is 11.7. The molecular weight excluding hydrogens is 394 g/mol. The number of hydrogen-bond acceptors (Lipinski definition) is 3. The van der Waals surface area contributed by atoms with Gasteiger partial charge in [-0.3, -0.25) is 0 Å². The standard InChI is InChI=1S/C26H32ClNO2/c1-17-5-3-4-6-21(17)16-30-25-11-23(27)22(10-24(25)29-2)15-28-26-12-18-7-19(13-26)9-20(8-18)14-26/h3-6,10-11,18-20,28H,7-9,12-16H2,1-2H3. The Hall–Kier alpha value is -1.71. The highest BCUT2D eigenvalue weighted by atomic mass is 35.5. The maximum absolute atomic E-state index is 6.68. The lowest BCUT2D eigenvalue weighted by Gasteiger charge is -2.57. The first-order valence-electron chi connectivity index (χ1n) is 11.3. The minimum absolute atomic E-state index is 0.325. The lowest BCUT2D eigenvalue weighted by molar-refractivity contribution is -0.0206. The van der Waals surface area contributed by atoms with Gasteiger partial charge in [0.25, 0.3) is 0 Å². The van der Waals surface area contributed by atoms with Crippen LogP contribution in [-0.2, 0) is 13.2 Å². The maximum atomic E-state index is 6.68. The quantitative estimate of drug-likeness (QED) is 0.565. The number of aryl methyl sites for hydroxylation is 1. The molecule has 4 aliphatic rings. The Kier molecular flexibility index (Phi) is 5.45. The van der Waals surface area contributed by atoms with E-state index >= 15 is 0 Å². The topological polar surface area (TPSA) is 30.5 Å². The summed E-state index contributed by atoms with van der Waals surface area (Å²) < 4.78 is 11.7. The molecule has 0 radical (unpaired) electrons. The van der Waals surface area contributed by atoms with E-state index in [2.05, 4.69) is 24.4 Å². The number of methoxy groups -OCH3 is 1. The molecule has 0 atom stereocenters. The number of rotatable bonds is 7. The predicted molar refractivity (Wildman–Crippen MR) is 121 cm³/mol. The fourth-order valence-electron chi connectivity index (χ4n) is 6.52. The molecule has 0 unspecified atom stereocenters. The van der Waals surface area contributed by atoms with E-state index in [4.69, 9.17) is 21.1 Å². The minimum atomic E-state index is 0.325. The van der Waals surface area contributed by atoms with Gasteiger partial charge in [-0.15, -0.1) is 0 Å². The van der Waals surface area contributed by atoms with Crippen LogP contribution in [0.3, 0.4) is 0 Å². The zero-order chi connectivity index (χ0) is 20.7. The van der Waals surface area contributed by atoms with Crippen molar-refractivity contribution in [3.63, 3.8) is 0 Å². The third-order valence-electron chi connectivity index (χ3n) is 7.67. The summed E-state index contributed by atoms with van der Waals surface area (Å²) >= 11 is 6.68. The Labute approximate surface area is 185 Å². The van der Waals surface area contributed by atoms with Gasteiger partial charge < -0.3 is 14.8 Å². The van der Waals surface area contributed by atoms with Gasteiger partial charge in [0.15, 0.2) is 11.5 Å². The molecule has 4 fully saturated rings. The predicted octanol–water partition coefficient (Wildman–Crippen LogP) is 6.29. The lowest BCUT2D eigenvalue weighted by Crippen LogP contribution is -2.58. The van der Waals surface area contributed by atoms with Crippen molar-refractivity contribution in [2.24, 2.45) is 17.8 Å². The fourth-order valence-corrected chi connectivity index (χ4v) is 6.74. The molecule has 30 heavy (non-hydrogen) atoms. The van der Waals surface area contributed by atoms with Crippen LogP contribution in [0.25, 0.3) is 0 Å². The number of nitrogens with one attached hydrogen (secondary N) is 1. The normalized spacial score (nSPS) is 29.2. The Balaban J connectivity index is 1.29. The molecule has 2 aromatic rings. The Bertz CT molecular complexity index is 890. The third-order valence-corrected chi connectivity index (χ3v) is 8.02. The number of ether oxygens (including phenoxy) is 2. The molecule has 0 heterocycles. The summed E-state index contributed by atoms with van der Waals surface area (Å²) in [7, 11) is 1.69. The second-order valence-corrected chi connectivity index (χ2v) is 10.3. The molecule has 0 saturated heterocycles. The van der Waals surface area contributed by atoms with E-state index in [1.54, 1.807) is 7.11 Å². The monoisotopic (exact) mass is 425 g/mol. The van der Waals surface area contributed by atoms with Crippen LogP contribution in [0.1, 0.15) is 55.2 Å². The summed E-state index contributed by atoms with van der Waals surface area (Å²) in [4.78, 5) is 0. The number of halogens is 1. The fraction of sp³-hybridized carbons (Fsp3) is 0.538. The maximum Gasteiger partial charge on any atom is 0.163 e. The highest BCUT2D eigenvalue weighted by Crippen LogP contribution is 2.55. The third kappa shape index (κ3) is 3.94. The van der Waals surface area contributed by atoms with Crippen molar-refractivity contribution in [2.45, 2.75) is 64.1 Å². The van der Waals surface area contributed by atoms with Gasteiger partial charge in [0.2, 0.25) is 0 Å². The summed E-state index contributed by atoms with van der Waals surface area (Å²) in [5.41, 5.74) is 3.81. The molecule has 6 rings (SSSR count). The van der Waals surface area contributed by atoms with Crippen molar-refractivity contribution in [2.75, 3.05) is 7.11 Å². The van der Waals surface area contributed by atoms with Crippen molar-refractivity contribution in [1.82, 2.24) is 5.32 Å². The van der Waals surface area contributed by atoms with Gasteiger partial charge >= 0.3 is 0 Å². The molecule has 0 aliphatic heterocycles. The molecule has 160 valence electrons. The van der Waals surface area contributed by atoms with Gasteiger partial charge in [0.1, 0.15) is 6.61 Å². The zero-order valence-electron chi connectivity index (χ0n) is 18.0. The van der Waals surface area contributed by atoms with Crippen LogP contribution in [0.15, 0.2) is 36.4 Å². The summed E-state index contributed by atoms with van der Waals surface area (Å²) in [5.74, 6) is 4.25. The van der Waals surface area contributed by atoms with Gasteiger partial charge in [-0.25, -0.2) is 0 Å². The van der Waals surface area contributed by atoms with Crippen LogP contribution in [-0.4, -0.2) is 12.6 Å². The van der Waals surface area contributed by atoms with Gasteiger partial charge in [-0.05, 0) is 86.0 Å². The SMILES string of the molecule is COc1cc(CNC23CC4CC(CC(C4)C2)C3)c(Cl)cc1OCc1ccccc1C. The van der Waals surface area contributed by atoms with Crippen molar-refractivity contribution >= 4 is 11.6 Å². The molecular formula is C26H32ClNO2. The average molecular weight is 426 g/mol. The zero-order valence-corrected chi connectivity index (χ0v) is 18.8. The molecule has 3 nitrogen and oxygen atoms in total. The highest BCUT2D eigenvalue weighted by Gasteiger charge is 2.50. The largest absolute Gasteiger partial charge is 0.493 e. The Morgan fingerprint density at radius 2 is 1.63 bits per heavy atom. The van der Waals surface area contributed by atoms with Gasteiger partial charge in [-0.2, -0.15) is 0 Å². The summed E-state index contributed by atoms with van der Waals surface area (Å²) in [5, 5.41) is 4.68. The number of benzene rings is 2. The molecule has 0 aromatic heterocycles. The molecule has 4 heteroatoms. The van der Waals surface area contributed by atoms with E-state index in [0.29, 0.717) is 17.9 Å². The summed E-state index contributed by atoms with van der Waals surface area (Å²) in [6.45, 7) is 3.39. The van der Waals surface area contributed by atoms with Crippen LogP contribution in [0.2, 0.25) is 5.02 Å². The highest BCUT2D eigenvalue weighted by molar-refractivity contribution is 6.31. The average Bonchev–Trinajstić information content (AvgIpc) is 2.71. The van der Waals surface area contributed by atoms with Crippen molar-refractivity contribution in [3.05, 3.63) is 58.1 Å². The first-order chi connectivity index (χ1) is 14.5.